The highest BCUT2D eigenvalue weighted by atomic mass is 16.5. The standard InChI is InChI=1S/C18H30N2O/c1-5-18(6-2,21-7-3)17(19-4)15-12-8-10-14-11-9-13-20-16(14)15/h9,11,13,15,17,19H,5-8,10,12H2,1-4H3. The third-order valence-electron chi connectivity index (χ3n) is 5.15. The first-order valence-electron chi connectivity index (χ1n) is 8.47. The highest BCUT2D eigenvalue weighted by Gasteiger charge is 2.42. The molecule has 2 rings (SSSR count). The van der Waals surface area contributed by atoms with Crippen molar-refractivity contribution in [3.63, 3.8) is 0 Å². The van der Waals surface area contributed by atoms with E-state index in [0.29, 0.717) is 12.0 Å². The summed E-state index contributed by atoms with van der Waals surface area (Å²) in [6, 6.07) is 4.62. The van der Waals surface area contributed by atoms with E-state index >= 15 is 0 Å². The number of fused-ring (bicyclic) bond motifs is 1. The Labute approximate surface area is 129 Å². The molecule has 2 unspecified atom stereocenters. The SMILES string of the molecule is CCOC(CC)(CC)C(NC)C1CCCc2cccnc21. The van der Waals surface area contributed by atoms with Crippen LogP contribution in [0.4, 0.5) is 0 Å². The number of pyridine rings is 1. The summed E-state index contributed by atoms with van der Waals surface area (Å²) in [4.78, 5) is 4.72. The van der Waals surface area contributed by atoms with Gasteiger partial charge in [-0.1, -0.05) is 19.9 Å². The summed E-state index contributed by atoms with van der Waals surface area (Å²) in [6.45, 7) is 7.35. The molecule has 0 aliphatic heterocycles. The van der Waals surface area contributed by atoms with Crippen LogP contribution >= 0.6 is 0 Å². The maximum Gasteiger partial charge on any atom is 0.0835 e. The second-order valence-electron chi connectivity index (χ2n) is 6.02. The molecule has 3 nitrogen and oxygen atoms in total. The molecule has 0 saturated carbocycles. The predicted molar refractivity (Wildman–Crippen MR) is 87.7 cm³/mol. The van der Waals surface area contributed by atoms with Crippen LogP contribution in [0, 0.1) is 0 Å². The molecule has 1 N–H and O–H groups in total. The van der Waals surface area contributed by atoms with E-state index in [2.05, 4.69) is 45.3 Å². The lowest BCUT2D eigenvalue weighted by atomic mass is 9.73. The van der Waals surface area contributed by atoms with Crippen molar-refractivity contribution >= 4 is 0 Å². The zero-order valence-electron chi connectivity index (χ0n) is 14.0. The Kier molecular flexibility index (Phi) is 5.77. The first-order chi connectivity index (χ1) is 10.2. The van der Waals surface area contributed by atoms with E-state index in [0.717, 1.165) is 25.9 Å². The van der Waals surface area contributed by atoms with E-state index in [-0.39, 0.29) is 5.60 Å². The number of nitrogens with zero attached hydrogens (tertiary/aromatic N) is 1. The van der Waals surface area contributed by atoms with Crippen molar-refractivity contribution in [1.29, 1.82) is 0 Å². The summed E-state index contributed by atoms with van der Waals surface area (Å²) in [5.41, 5.74) is 2.61. The summed E-state index contributed by atoms with van der Waals surface area (Å²) >= 11 is 0. The molecule has 1 aliphatic carbocycles. The van der Waals surface area contributed by atoms with Gasteiger partial charge in [0.25, 0.3) is 0 Å². The van der Waals surface area contributed by atoms with Crippen molar-refractivity contribution < 1.29 is 4.74 Å². The average molecular weight is 290 g/mol. The molecule has 0 radical (unpaired) electrons. The van der Waals surface area contributed by atoms with Crippen molar-refractivity contribution in [3.05, 3.63) is 29.6 Å². The Morgan fingerprint density at radius 2 is 2.14 bits per heavy atom. The van der Waals surface area contributed by atoms with Crippen molar-refractivity contribution in [3.8, 4) is 0 Å². The first-order valence-corrected chi connectivity index (χ1v) is 8.47. The molecule has 0 bridgehead atoms. The summed E-state index contributed by atoms with van der Waals surface area (Å²) < 4.78 is 6.26. The molecule has 1 aromatic heterocycles. The molecule has 2 atom stereocenters. The number of aryl methyl sites for hydroxylation is 1. The molecule has 21 heavy (non-hydrogen) atoms. The minimum absolute atomic E-state index is 0.0969. The fourth-order valence-electron chi connectivity index (χ4n) is 4.07. The minimum Gasteiger partial charge on any atom is -0.374 e. The third-order valence-corrected chi connectivity index (χ3v) is 5.15. The van der Waals surface area contributed by atoms with Crippen LogP contribution in [0.25, 0.3) is 0 Å². The van der Waals surface area contributed by atoms with Crippen LogP contribution in [0.2, 0.25) is 0 Å². The van der Waals surface area contributed by atoms with Gasteiger partial charge in [0, 0.05) is 30.5 Å². The van der Waals surface area contributed by atoms with Gasteiger partial charge in [0.2, 0.25) is 0 Å². The zero-order chi connectivity index (χ0) is 15.3. The summed E-state index contributed by atoms with van der Waals surface area (Å²) in [6.07, 6.45) is 7.60. The molecule has 0 amide bonds. The van der Waals surface area contributed by atoms with Crippen LogP contribution in [0.5, 0.6) is 0 Å². The average Bonchev–Trinajstić information content (AvgIpc) is 2.54. The molecule has 1 aromatic rings. The normalized spacial score (nSPS) is 20.1. The van der Waals surface area contributed by atoms with Crippen LogP contribution in [0.1, 0.15) is 63.6 Å². The Morgan fingerprint density at radius 1 is 1.38 bits per heavy atom. The fourth-order valence-corrected chi connectivity index (χ4v) is 4.07. The summed E-state index contributed by atoms with van der Waals surface area (Å²) in [7, 11) is 2.07. The van der Waals surface area contributed by atoms with Crippen LogP contribution in [0.3, 0.4) is 0 Å². The lowest BCUT2D eigenvalue weighted by Gasteiger charge is -2.44. The van der Waals surface area contributed by atoms with Crippen molar-refractivity contribution in [1.82, 2.24) is 10.3 Å². The Morgan fingerprint density at radius 3 is 2.76 bits per heavy atom. The van der Waals surface area contributed by atoms with Crippen molar-refractivity contribution in [2.24, 2.45) is 0 Å². The Hall–Kier alpha value is -0.930. The topological polar surface area (TPSA) is 34.1 Å². The van der Waals surface area contributed by atoms with E-state index in [1.807, 2.05) is 6.20 Å². The first kappa shape index (κ1) is 16.4. The van der Waals surface area contributed by atoms with Crippen LogP contribution in [-0.4, -0.2) is 30.3 Å². The molecule has 118 valence electrons. The molecule has 3 heteroatoms. The number of ether oxygens (including phenoxy) is 1. The molecule has 0 fully saturated rings. The van der Waals surface area contributed by atoms with Gasteiger partial charge in [0.05, 0.1) is 5.60 Å². The van der Waals surface area contributed by atoms with Gasteiger partial charge < -0.3 is 10.1 Å². The second-order valence-corrected chi connectivity index (χ2v) is 6.02. The Balaban J connectivity index is 2.37. The minimum atomic E-state index is -0.0969. The van der Waals surface area contributed by atoms with Crippen molar-refractivity contribution in [2.45, 2.75) is 70.4 Å². The lowest BCUT2D eigenvalue weighted by Crippen LogP contribution is -2.54. The fraction of sp³-hybridized carbons (Fsp3) is 0.722. The monoisotopic (exact) mass is 290 g/mol. The molecule has 1 heterocycles. The zero-order valence-corrected chi connectivity index (χ0v) is 14.0. The molecule has 1 aliphatic rings. The maximum absolute atomic E-state index is 6.26. The van der Waals surface area contributed by atoms with Gasteiger partial charge in [-0.15, -0.1) is 0 Å². The van der Waals surface area contributed by atoms with E-state index in [1.54, 1.807) is 0 Å². The van der Waals surface area contributed by atoms with Crippen molar-refractivity contribution in [2.75, 3.05) is 13.7 Å². The van der Waals surface area contributed by atoms with E-state index in [1.165, 1.54) is 24.1 Å². The predicted octanol–water partition coefficient (Wildman–Crippen LogP) is 3.68. The van der Waals surface area contributed by atoms with Crippen LogP contribution in [-0.2, 0) is 11.2 Å². The van der Waals surface area contributed by atoms with E-state index in [9.17, 15) is 0 Å². The van der Waals surface area contributed by atoms with Gasteiger partial charge in [-0.3, -0.25) is 4.98 Å². The lowest BCUT2D eigenvalue weighted by molar-refractivity contribution is -0.0779. The van der Waals surface area contributed by atoms with Gasteiger partial charge in [-0.05, 0) is 57.7 Å². The highest BCUT2D eigenvalue weighted by Crippen LogP contribution is 2.39. The molecule has 0 spiro atoms. The molecule has 0 aromatic carbocycles. The van der Waals surface area contributed by atoms with E-state index in [4.69, 9.17) is 9.72 Å². The number of nitrogens with one attached hydrogen (secondary N) is 1. The highest BCUT2D eigenvalue weighted by molar-refractivity contribution is 5.28. The van der Waals surface area contributed by atoms with Gasteiger partial charge in [-0.25, -0.2) is 0 Å². The number of likely N-dealkylation sites (N-methyl/N-ethyl adjacent to an activating group) is 1. The van der Waals surface area contributed by atoms with Gasteiger partial charge in [0.15, 0.2) is 0 Å². The second kappa shape index (κ2) is 7.37. The van der Waals surface area contributed by atoms with Crippen LogP contribution < -0.4 is 5.32 Å². The third kappa shape index (κ3) is 3.14. The summed E-state index contributed by atoms with van der Waals surface area (Å²) in [5, 5.41) is 3.58. The molecular weight excluding hydrogens is 260 g/mol. The van der Waals surface area contributed by atoms with Crippen LogP contribution in [0.15, 0.2) is 18.3 Å². The molecule has 0 saturated heterocycles. The van der Waals surface area contributed by atoms with E-state index < -0.39 is 0 Å². The molecular formula is C18H30N2O. The summed E-state index contributed by atoms with van der Waals surface area (Å²) in [5.74, 6) is 0.450. The van der Waals surface area contributed by atoms with Gasteiger partial charge >= 0.3 is 0 Å². The number of hydrogen-bond donors (Lipinski definition) is 1. The maximum atomic E-state index is 6.26. The number of aromatic nitrogens is 1. The quantitative estimate of drug-likeness (QED) is 0.831. The van der Waals surface area contributed by atoms with Gasteiger partial charge in [-0.2, -0.15) is 0 Å². The number of hydrogen-bond acceptors (Lipinski definition) is 3. The largest absolute Gasteiger partial charge is 0.374 e. The Bertz CT molecular complexity index is 443. The smallest absolute Gasteiger partial charge is 0.0835 e. The van der Waals surface area contributed by atoms with Gasteiger partial charge in [0.1, 0.15) is 0 Å². The number of rotatable bonds is 7.